The van der Waals surface area contributed by atoms with Crippen molar-refractivity contribution in [2.24, 2.45) is 11.7 Å². The van der Waals surface area contributed by atoms with Crippen molar-refractivity contribution in [1.29, 1.82) is 0 Å². The van der Waals surface area contributed by atoms with Crippen LogP contribution in [-0.2, 0) is 30.3 Å². The molecule has 0 spiro atoms. The largest absolute Gasteiger partial charge is 0.391 e. The fourth-order valence-electron chi connectivity index (χ4n) is 4.42. The summed E-state index contributed by atoms with van der Waals surface area (Å²) in [5.74, 6) is -3.35. The maximum Gasteiger partial charge on any atom is 0.389 e. The lowest BCUT2D eigenvalue weighted by Gasteiger charge is -2.25. The standard InChI is InChI=1S/C28H41F3N4O5/c1-2-3-11-23(27(39)40-26(38)20-13-16-33-17-14-20)35-25(37)22(12-7-8-15-28(29,30)31)34-24(36)21(32)18-19-9-5-4-6-10-19/h4-6,9-10,20-23,33H,2-3,7-8,11-18,32H2,1H3,(H,34,36)(H,35,37)/t21-,22-,23?/m1/s1. The van der Waals surface area contributed by atoms with Crippen LogP contribution in [0.3, 0.4) is 0 Å². The minimum atomic E-state index is -4.34. The Morgan fingerprint density at radius 3 is 2.23 bits per heavy atom. The van der Waals surface area contributed by atoms with Gasteiger partial charge in [0.15, 0.2) is 0 Å². The number of ether oxygens (including phenoxy) is 1. The summed E-state index contributed by atoms with van der Waals surface area (Å²) in [6, 6.07) is 5.62. The van der Waals surface area contributed by atoms with Gasteiger partial charge in [-0.1, -0.05) is 56.5 Å². The SMILES string of the molecule is CCCCC(NC(=O)[C@@H](CCCCC(F)(F)F)NC(=O)[C@H](N)Cc1ccccc1)C(=O)OC(=O)C1CCNCC1. The molecular weight excluding hydrogens is 529 g/mol. The number of unbranched alkanes of at least 4 members (excludes halogenated alkanes) is 2. The van der Waals surface area contributed by atoms with Crippen molar-refractivity contribution in [3.8, 4) is 0 Å². The maximum atomic E-state index is 13.2. The first-order valence-corrected chi connectivity index (χ1v) is 13.9. The summed E-state index contributed by atoms with van der Waals surface area (Å²) in [6.45, 7) is 3.15. The van der Waals surface area contributed by atoms with Crippen molar-refractivity contribution in [3.63, 3.8) is 0 Å². The van der Waals surface area contributed by atoms with Crippen molar-refractivity contribution >= 4 is 23.8 Å². The van der Waals surface area contributed by atoms with Gasteiger partial charge in [-0.3, -0.25) is 14.4 Å². The molecule has 224 valence electrons. The van der Waals surface area contributed by atoms with Crippen LogP contribution >= 0.6 is 0 Å². The number of alkyl halides is 3. The number of carbonyl (C=O) groups is 4. The Balaban J connectivity index is 2.07. The van der Waals surface area contributed by atoms with E-state index >= 15 is 0 Å². The first-order valence-electron chi connectivity index (χ1n) is 13.9. The molecule has 0 saturated carbocycles. The number of hydrogen-bond acceptors (Lipinski definition) is 7. The molecule has 1 aliphatic heterocycles. The van der Waals surface area contributed by atoms with Gasteiger partial charge in [0.1, 0.15) is 12.1 Å². The van der Waals surface area contributed by atoms with Crippen molar-refractivity contribution in [1.82, 2.24) is 16.0 Å². The lowest BCUT2D eigenvalue weighted by molar-refractivity contribution is -0.165. The van der Waals surface area contributed by atoms with Crippen LogP contribution < -0.4 is 21.7 Å². The summed E-state index contributed by atoms with van der Waals surface area (Å²) in [6.07, 6.45) is -2.96. The Morgan fingerprint density at radius 2 is 1.60 bits per heavy atom. The van der Waals surface area contributed by atoms with Crippen LogP contribution in [0.2, 0.25) is 0 Å². The lowest BCUT2D eigenvalue weighted by atomic mass is 9.98. The van der Waals surface area contributed by atoms with Crippen LogP contribution in [0.4, 0.5) is 13.2 Å². The number of halogens is 3. The Hall–Kier alpha value is -2.99. The van der Waals surface area contributed by atoms with Crippen LogP contribution in [0.15, 0.2) is 30.3 Å². The molecule has 0 aliphatic carbocycles. The van der Waals surface area contributed by atoms with Crippen LogP contribution in [0.1, 0.15) is 70.3 Å². The second-order valence-electron chi connectivity index (χ2n) is 10.2. The number of carbonyl (C=O) groups excluding carboxylic acids is 4. The summed E-state index contributed by atoms with van der Waals surface area (Å²) < 4.78 is 43.0. The summed E-state index contributed by atoms with van der Waals surface area (Å²) in [4.78, 5) is 51.4. The average molecular weight is 571 g/mol. The number of amides is 2. The zero-order valence-electron chi connectivity index (χ0n) is 22.9. The Bertz CT molecular complexity index is 955. The fraction of sp³-hybridized carbons (Fsp3) is 0.643. The van der Waals surface area contributed by atoms with E-state index in [1.54, 1.807) is 24.3 Å². The molecule has 3 atom stereocenters. The third-order valence-corrected chi connectivity index (χ3v) is 6.79. The molecule has 1 aliphatic rings. The van der Waals surface area contributed by atoms with E-state index < -0.39 is 60.4 Å². The van der Waals surface area contributed by atoms with Crippen LogP contribution in [0, 0.1) is 5.92 Å². The molecule has 0 bridgehead atoms. The molecule has 1 heterocycles. The van der Waals surface area contributed by atoms with E-state index in [0.717, 1.165) is 5.56 Å². The van der Waals surface area contributed by atoms with Gasteiger partial charge >= 0.3 is 18.1 Å². The highest BCUT2D eigenvalue weighted by Gasteiger charge is 2.32. The van der Waals surface area contributed by atoms with Gasteiger partial charge in [0.05, 0.1) is 12.0 Å². The first kappa shape index (κ1) is 33.2. The van der Waals surface area contributed by atoms with Gasteiger partial charge in [-0.05, 0) is 57.2 Å². The van der Waals surface area contributed by atoms with E-state index in [1.807, 2.05) is 13.0 Å². The van der Waals surface area contributed by atoms with E-state index in [2.05, 4.69) is 16.0 Å². The molecule has 1 fully saturated rings. The zero-order valence-corrected chi connectivity index (χ0v) is 22.9. The summed E-state index contributed by atoms with van der Waals surface area (Å²) >= 11 is 0. The van der Waals surface area contributed by atoms with E-state index in [-0.39, 0.29) is 32.1 Å². The van der Waals surface area contributed by atoms with Crippen molar-refractivity contribution < 1.29 is 37.1 Å². The van der Waals surface area contributed by atoms with E-state index in [0.29, 0.717) is 38.8 Å². The molecule has 1 aromatic rings. The van der Waals surface area contributed by atoms with Gasteiger partial charge in [-0.2, -0.15) is 13.2 Å². The molecule has 9 nitrogen and oxygen atoms in total. The minimum Gasteiger partial charge on any atom is -0.391 e. The topological polar surface area (TPSA) is 140 Å². The summed E-state index contributed by atoms with van der Waals surface area (Å²) in [5.41, 5.74) is 6.84. The molecule has 1 aromatic carbocycles. The third kappa shape index (κ3) is 12.5. The van der Waals surface area contributed by atoms with E-state index in [9.17, 15) is 32.3 Å². The lowest BCUT2D eigenvalue weighted by Crippen LogP contribution is -2.55. The van der Waals surface area contributed by atoms with Crippen LogP contribution in [0.5, 0.6) is 0 Å². The van der Waals surface area contributed by atoms with Crippen LogP contribution in [0.25, 0.3) is 0 Å². The molecule has 2 amide bonds. The highest BCUT2D eigenvalue weighted by molar-refractivity contribution is 5.94. The van der Waals surface area contributed by atoms with Gasteiger partial charge in [0.2, 0.25) is 11.8 Å². The molecule has 1 saturated heterocycles. The third-order valence-electron chi connectivity index (χ3n) is 6.79. The van der Waals surface area contributed by atoms with Gasteiger partial charge in [-0.15, -0.1) is 0 Å². The van der Waals surface area contributed by atoms with Crippen LogP contribution in [-0.4, -0.2) is 61.1 Å². The molecule has 5 N–H and O–H groups in total. The number of nitrogens with one attached hydrogen (secondary N) is 3. The first-order chi connectivity index (χ1) is 19.0. The smallest absolute Gasteiger partial charge is 0.389 e. The highest BCUT2D eigenvalue weighted by atomic mass is 19.4. The number of nitrogens with two attached hydrogens (primary N) is 1. The second kappa shape index (κ2) is 17.0. The minimum absolute atomic E-state index is 0.00404. The Kier molecular flexibility index (Phi) is 14.1. The van der Waals surface area contributed by atoms with Gasteiger partial charge < -0.3 is 26.4 Å². The second-order valence-corrected chi connectivity index (χ2v) is 10.2. The molecular formula is C28H41F3N4O5. The molecule has 40 heavy (non-hydrogen) atoms. The predicted octanol–water partition coefficient (Wildman–Crippen LogP) is 2.91. The number of rotatable bonds is 15. The molecule has 2 rings (SSSR count). The molecule has 12 heteroatoms. The monoisotopic (exact) mass is 570 g/mol. The number of benzene rings is 1. The summed E-state index contributed by atoms with van der Waals surface area (Å²) in [5, 5.41) is 8.22. The van der Waals surface area contributed by atoms with Crippen molar-refractivity contribution in [3.05, 3.63) is 35.9 Å². The normalized spacial score (nSPS) is 16.4. The van der Waals surface area contributed by atoms with Crippen molar-refractivity contribution in [2.45, 2.75) is 95.4 Å². The Labute approximate surface area is 233 Å². The maximum absolute atomic E-state index is 13.2. The van der Waals surface area contributed by atoms with E-state index in [4.69, 9.17) is 10.5 Å². The molecule has 0 aromatic heterocycles. The van der Waals surface area contributed by atoms with E-state index in [1.165, 1.54) is 0 Å². The quantitative estimate of drug-likeness (QED) is 0.144. The Morgan fingerprint density at radius 1 is 0.975 bits per heavy atom. The number of hydrogen-bond donors (Lipinski definition) is 4. The average Bonchev–Trinajstić information content (AvgIpc) is 2.92. The molecule has 0 radical (unpaired) electrons. The predicted molar refractivity (Wildman–Crippen MR) is 143 cm³/mol. The van der Waals surface area contributed by atoms with Crippen molar-refractivity contribution in [2.75, 3.05) is 13.1 Å². The number of piperidine rings is 1. The van der Waals surface area contributed by atoms with Gasteiger partial charge in [0, 0.05) is 6.42 Å². The zero-order chi connectivity index (χ0) is 29.5. The molecule has 1 unspecified atom stereocenters. The van der Waals surface area contributed by atoms with Gasteiger partial charge in [0.25, 0.3) is 0 Å². The number of esters is 2. The summed E-state index contributed by atoms with van der Waals surface area (Å²) in [7, 11) is 0. The fourth-order valence-corrected chi connectivity index (χ4v) is 4.42. The van der Waals surface area contributed by atoms with Gasteiger partial charge in [-0.25, -0.2) is 4.79 Å². The highest BCUT2D eigenvalue weighted by Crippen LogP contribution is 2.23.